The van der Waals surface area contributed by atoms with E-state index in [-0.39, 0.29) is 11.7 Å². The van der Waals surface area contributed by atoms with Crippen molar-refractivity contribution in [3.8, 4) is 11.8 Å². The second-order valence-electron chi connectivity index (χ2n) is 3.15. The molecule has 0 atom stereocenters. The standard InChI is InChI=1S/C10H9FN2O/c11-10-3-8(2-1-7(10)4-12)14-9-5-13-6-9/h1-3,9,13H,5-6H2. The molecule has 0 aliphatic carbocycles. The van der Waals surface area contributed by atoms with Crippen LogP contribution in [0.4, 0.5) is 4.39 Å². The van der Waals surface area contributed by atoms with Crippen molar-refractivity contribution in [1.29, 1.82) is 5.26 Å². The second kappa shape index (κ2) is 3.64. The zero-order valence-corrected chi connectivity index (χ0v) is 7.46. The van der Waals surface area contributed by atoms with E-state index in [2.05, 4.69) is 5.32 Å². The van der Waals surface area contributed by atoms with Crippen LogP contribution >= 0.6 is 0 Å². The lowest BCUT2D eigenvalue weighted by Gasteiger charge is -2.27. The van der Waals surface area contributed by atoms with Gasteiger partial charge in [0.2, 0.25) is 0 Å². The number of nitrogens with one attached hydrogen (secondary N) is 1. The molecule has 72 valence electrons. The van der Waals surface area contributed by atoms with Crippen LogP contribution in [-0.2, 0) is 0 Å². The smallest absolute Gasteiger partial charge is 0.144 e. The number of hydrogen-bond donors (Lipinski definition) is 1. The summed E-state index contributed by atoms with van der Waals surface area (Å²) in [6, 6.07) is 6.05. The summed E-state index contributed by atoms with van der Waals surface area (Å²) in [4.78, 5) is 0. The van der Waals surface area contributed by atoms with E-state index in [1.807, 2.05) is 0 Å². The van der Waals surface area contributed by atoms with Crippen molar-refractivity contribution in [1.82, 2.24) is 5.32 Å². The minimum absolute atomic E-state index is 0.0454. The topological polar surface area (TPSA) is 45.0 Å². The Balaban J connectivity index is 2.12. The first-order chi connectivity index (χ1) is 6.79. The van der Waals surface area contributed by atoms with Gasteiger partial charge in [0.25, 0.3) is 0 Å². The van der Waals surface area contributed by atoms with Crippen molar-refractivity contribution < 1.29 is 9.13 Å². The van der Waals surface area contributed by atoms with Crippen molar-refractivity contribution >= 4 is 0 Å². The largest absolute Gasteiger partial charge is 0.488 e. The van der Waals surface area contributed by atoms with Gasteiger partial charge in [-0.3, -0.25) is 0 Å². The van der Waals surface area contributed by atoms with Crippen LogP contribution < -0.4 is 10.1 Å². The molecule has 0 spiro atoms. The summed E-state index contributed by atoms with van der Waals surface area (Å²) in [6.07, 6.45) is 0.127. The minimum atomic E-state index is -0.530. The van der Waals surface area contributed by atoms with Gasteiger partial charge in [-0.15, -0.1) is 0 Å². The van der Waals surface area contributed by atoms with Gasteiger partial charge in [-0.1, -0.05) is 0 Å². The molecule has 0 aromatic heterocycles. The molecule has 1 aromatic carbocycles. The number of hydrogen-bond acceptors (Lipinski definition) is 3. The molecule has 0 saturated carbocycles. The van der Waals surface area contributed by atoms with Crippen LogP contribution in [0.3, 0.4) is 0 Å². The number of ether oxygens (including phenoxy) is 1. The van der Waals surface area contributed by atoms with Gasteiger partial charge in [-0.05, 0) is 12.1 Å². The van der Waals surface area contributed by atoms with Crippen LogP contribution in [-0.4, -0.2) is 19.2 Å². The number of benzene rings is 1. The van der Waals surface area contributed by atoms with Crippen LogP contribution in [0.1, 0.15) is 5.56 Å². The molecule has 0 unspecified atom stereocenters. The van der Waals surface area contributed by atoms with Crippen LogP contribution in [0.2, 0.25) is 0 Å². The molecule has 1 N–H and O–H groups in total. The first-order valence-corrected chi connectivity index (χ1v) is 4.36. The lowest BCUT2D eigenvalue weighted by Crippen LogP contribution is -2.50. The Bertz CT molecular complexity index is 382. The van der Waals surface area contributed by atoms with Crippen molar-refractivity contribution in [2.45, 2.75) is 6.10 Å². The third-order valence-electron chi connectivity index (χ3n) is 2.11. The molecule has 4 heteroatoms. The molecule has 14 heavy (non-hydrogen) atoms. The van der Waals surface area contributed by atoms with Crippen molar-refractivity contribution in [2.24, 2.45) is 0 Å². The lowest BCUT2D eigenvalue weighted by molar-refractivity contribution is 0.142. The second-order valence-corrected chi connectivity index (χ2v) is 3.15. The Hall–Kier alpha value is -1.60. The van der Waals surface area contributed by atoms with E-state index in [1.165, 1.54) is 12.1 Å². The van der Waals surface area contributed by atoms with Crippen LogP contribution in [0.15, 0.2) is 18.2 Å². The fourth-order valence-corrected chi connectivity index (χ4v) is 1.20. The van der Waals surface area contributed by atoms with Crippen LogP contribution in [0, 0.1) is 17.1 Å². The molecule has 1 aliphatic heterocycles. The van der Waals surface area contributed by atoms with Crippen LogP contribution in [0.25, 0.3) is 0 Å². The summed E-state index contributed by atoms with van der Waals surface area (Å²) in [7, 11) is 0. The SMILES string of the molecule is N#Cc1ccc(OC2CNC2)cc1F. The van der Waals surface area contributed by atoms with Gasteiger partial charge in [0.1, 0.15) is 23.7 Å². The molecule has 0 radical (unpaired) electrons. The van der Waals surface area contributed by atoms with Crippen molar-refractivity contribution in [3.05, 3.63) is 29.6 Å². The number of rotatable bonds is 2. The van der Waals surface area contributed by atoms with Crippen LogP contribution in [0.5, 0.6) is 5.75 Å². The number of nitrogens with zero attached hydrogens (tertiary/aromatic N) is 1. The highest BCUT2D eigenvalue weighted by atomic mass is 19.1. The molecule has 1 fully saturated rings. The normalized spacial score (nSPS) is 15.7. The van der Waals surface area contributed by atoms with Gasteiger partial charge in [-0.2, -0.15) is 5.26 Å². The highest BCUT2D eigenvalue weighted by molar-refractivity contribution is 5.36. The first kappa shape index (κ1) is 8.97. The summed E-state index contributed by atoms with van der Waals surface area (Å²) in [6.45, 7) is 1.59. The Kier molecular flexibility index (Phi) is 2.33. The van der Waals surface area contributed by atoms with E-state index in [4.69, 9.17) is 10.00 Å². The average Bonchev–Trinajstić information content (AvgIpc) is 2.12. The maximum absolute atomic E-state index is 13.1. The fourth-order valence-electron chi connectivity index (χ4n) is 1.20. The summed E-state index contributed by atoms with van der Waals surface area (Å²) >= 11 is 0. The fraction of sp³-hybridized carbons (Fsp3) is 0.300. The molecule has 3 nitrogen and oxygen atoms in total. The van der Waals surface area contributed by atoms with Gasteiger partial charge in [-0.25, -0.2) is 4.39 Å². The van der Waals surface area contributed by atoms with E-state index in [9.17, 15) is 4.39 Å². The Morgan fingerprint density at radius 3 is 2.79 bits per heavy atom. The highest BCUT2D eigenvalue weighted by Gasteiger charge is 2.18. The van der Waals surface area contributed by atoms with Gasteiger partial charge >= 0.3 is 0 Å². The Morgan fingerprint density at radius 1 is 1.50 bits per heavy atom. The monoisotopic (exact) mass is 192 g/mol. The summed E-state index contributed by atoms with van der Waals surface area (Å²) < 4.78 is 18.5. The molecule has 2 rings (SSSR count). The van der Waals surface area contributed by atoms with Gasteiger partial charge in [0.15, 0.2) is 0 Å². The highest BCUT2D eigenvalue weighted by Crippen LogP contribution is 2.18. The van der Waals surface area contributed by atoms with Crippen molar-refractivity contribution in [2.75, 3.05) is 13.1 Å². The molecular formula is C10H9FN2O. The van der Waals surface area contributed by atoms with Gasteiger partial charge < -0.3 is 10.1 Å². The zero-order valence-electron chi connectivity index (χ0n) is 7.46. The predicted molar refractivity (Wildman–Crippen MR) is 48.4 cm³/mol. The average molecular weight is 192 g/mol. The first-order valence-electron chi connectivity index (χ1n) is 4.36. The van der Waals surface area contributed by atoms with E-state index < -0.39 is 5.82 Å². The molecule has 1 saturated heterocycles. The molecule has 0 bridgehead atoms. The molecule has 0 amide bonds. The predicted octanol–water partition coefficient (Wildman–Crippen LogP) is 1.05. The maximum Gasteiger partial charge on any atom is 0.144 e. The quantitative estimate of drug-likeness (QED) is 0.761. The lowest BCUT2D eigenvalue weighted by atomic mass is 10.2. The van der Waals surface area contributed by atoms with E-state index >= 15 is 0 Å². The van der Waals surface area contributed by atoms with E-state index in [0.29, 0.717) is 5.75 Å². The number of nitriles is 1. The van der Waals surface area contributed by atoms with E-state index in [1.54, 1.807) is 12.1 Å². The molecular weight excluding hydrogens is 183 g/mol. The van der Waals surface area contributed by atoms with E-state index in [0.717, 1.165) is 13.1 Å². The summed E-state index contributed by atoms with van der Waals surface area (Å²) in [5.41, 5.74) is 0.0454. The minimum Gasteiger partial charge on any atom is -0.488 e. The van der Waals surface area contributed by atoms with Gasteiger partial charge in [0.05, 0.1) is 5.56 Å². The Labute approximate surface area is 81.1 Å². The third-order valence-corrected chi connectivity index (χ3v) is 2.11. The Morgan fingerprint density at radius 2 is 2.29 bits per heavy atom. The molecule has 1 aromatic rings. The maximum atomic E-state index is 13.1. The number of halogens is 1. The molecule has 1 heterocycles. The van der Waals surface area contributed by atoms with Gasteiger partial charge in [0, 0.05) is 19.2 Å². The molecule has 1 aliphatic rings. The summed E-state index contributed by atoms with van der Waals surface area (Å²) in [5.74, 6) is -0.0507. The zero-order chi connectivity index (χ0) is 9.97. The van der Waals surface area contributed by atoms with Crippen molar-refractivity contribution in [3.63, 3.8) is 0 Å². The summed E-state index contributed by atoms with van der Waals surface area (Å²) in [5, 5.41) is 11.6. The third kappa shape index (κ3) is 1.68.